The average Bonchev–Trinajstić information content (AvgIpc) is 3.04. The Kier molecular flexibility index (Phi) is 6.29. The Balaban J connectivity index is 2.09. The van der Waals surface area contributed by atoms with Gasteiger partial charge in [0.1, 0.15) is 6.61 Å². The van der Waals surface area contributed by atoms with Crippen LogP contribution in [0.1, 0.15) is 16.1 Å². The predicted molar refractivity (Wildman–Crippen MR) is 86.2 cm³/mol. The summed E-state index contributed by atoms with van der Waals surface area (Å²) in [5, 5.41) is 3.82. The van der Waals surface area contributed by atoms with E-state index in [1.54, 1.807) is 0 Å². The Labute approximate surface area is 143 Å². The molecular weight excluding hydrogens is 358 g/mol. The van der Waals surface area contributed by atoms with Crippen LogP contribution < -0.4 is 15.8 Å². The summed E-state index contributed by atoms with van der Waals surface area (Å²) in [7, 11) is -2.38. The number of sulfonamides is 1. The van der Waals surface area contributed by atoms with Crippen LogP contribution in [0.4, 0.5) is 0 Å². The molecule has 11 heteroatoms. The number of ether oxygens (including phenoxy) is 2. The number of nitrogens with two attached hydrogens (primary N) is 1. The summed E-state index contributed by atoms with van der Waals surface area (Å²) >= 11 is 1.03. The maximum Gasteiger partial charge on any atom is 0.261 e. The molecule has 2 atom stereocenters. The molecule has 2 amide bonds. The first kappa shape index (κ1) is 18.8. The van der Waals surface area contributed by atoms with E-state index in [0.29, 0.717) is 17.9 Å². The Morgan fingerprint density at radius 2 is 2.25 bits per heavy atom. The number of carbonyl (C=O) groups is 2. The maximum absolute atomic E-state index is 12.5. The van der Waals surface area contributed by atoms with E-state index in [-0.39, 0.29) is 24.0 Å². The van der Waals surface area contributed by atoms with Gasteiger partial charge >= 0.3 is 0 Å². The molecule has 1 aromatic rings. The lowest BCUT2D eigenvalue weighted by atomic mass is 10.1. The summed E-state index contributed by atoms with van der Waals surface area (Å²) in [6.07, 6.45) is -0.0776. The first-order valence-electron chi connectivity index (χ1n) is 7.14. The SMILES string of the molecule is CNC(=O)c1cc(S(=O)(=O)N[C@@H]2COCC[C@@H]2OCC(N)=O)cs1. The summed E-state index contributed by atoms with van der Waals surface area (Å²) in [6.45, 7) is 0.234. The highest BCUT2D eigenvalue weighted by atomic mass is 32.2. The second-order valence-electron chi connectivity index (χ2n) is 5.13. The smallest absolute Gasteiger partial charge is 0.261 e. The molecule has 0 aliphatic carbocycles. The van der Waals surface area contributed by atoms with Crippen molar-refractivity contribution in [3.63, 3.8) is 0 Å². The molecule has 1 aromatic heterocycles. The number of hydrogen-bond donors (Lipinski definition) is 3. The van der Waals surface area contributed by atoms with Crippen molar-refractivity contribution in [2.75, 3.05) is 26.9 Å². The lowest BCUT2D eigenvalue weighted by molar-refractivity contribution is -0.127. The minimum Gasteiger partial charge on any atom is -0.380 e. The fourth-order valence-corrected chi connectivity index (χ4v) is 4.65. The largest absolute Gasteiger partial charge is 0.380 e. The zero-order valence-electron chi connectivity index (χ0n) is 13.0. The van der Waals surface area contributed by atoms with E-state index in [4.69, 9.17) is 15.2 Å². The summed E-state index contributed by atoms with van der Waals surface area (Å²) in [6, 6.07) is 0.654. The Morgan fingerprint density at radius 3 is 2.92 bits per heavy atom. The molecule has 1 aliphatic heterocycles. The van der Waals surface area contributed by atoms with Gasteiger partial charge in [-0.2, -0.15) is 0 Å². The van der Waals surface area contributed by atoms with Crippen molar-refractivity contribution in [1.82, 2.24) is 10.0 Å². The van der Waals surface area contributed by atoms with E-state index in [2.05, 4.69) is 10.0 Å². The van der Waals surface area contributed by atoms with Gasteiger partial charge in [0.25, 0.3) is 5.91 Å². The molecule has 2 heterocycles. The van der Waals surface area contributed by atoms with Gasteiger partial charge in [-0.05, 0) is 12.5 Å². The first-order chi connectivity index (χ1) is 11.3. The van der Waals surface area contributed by atoms with Gasteiger partial charge in [0, 0.05) is 19.0 Å². The number of hydrogen-bond acceptors (Lipinski definition) is 7. The highest BCUT2D eigenvalue weighted by Crippen LogP contribution is 2.21. The highest BCUT2D eigenvalue weighted by molar-refractivity contribution is 7.89. The van der Waals surface area contributed by atoms with Gasteiger partial charge < -0.3 is 20.5 Å². The van der Waals surface area contributed by atoms with Crippen molar-refractivity contribution in [2.24, 2.45) is 5.73 Å². The summed E-state index contributed by atoms with van der Waals surface area (Å²) < 4.78 is 38.1. The maximum atomic E-state index is 12.5. The molecule has 4 N–H and O–H groups in total. The third-order valence-corrected chi connectivity index (χ3v) is 5.92. The fraction of sp³-hybridized carbons (Fsp3) is 0.538. The van der Waals surface area contributed by atoms with Crippen molar-refractivity contribution < 1.29 is 27.5 Å². The molecular formula is C13H19N3O6S2. The van der Waals surface area contributed by atoms with E-state index in [9.17, 15) is 18.0 Å². The molecule has 1 aliphatic rings. The normalized spacial score (nSPS) is 21.4. The molecule has 0 bridgehead atoms. The second kappa shape index (κ2) is 8.03. The number of amides is 2. The minimum absolute atomic E-state index is 0.00896. The van der Waals surface area contributed by atoms with Crippen molar-refractivity contribution >= 4 is 33.2 Å². The van der Waals surface area contributed by atoms with Crippen LogP contribution in [0.5, 0.6) is 0 Å². The van der Waals surface area contributed by atoms with Crippen LogP contribution >= 0.6 is 11.3 Å². The second-order valence-corrected chi connectivity index (χ2v) is 7.76. The summed E-state index contributed by atoms with van der Waals surface area (Å²) in [5.74, 6) is -0.985. The van der Waals surface area contributed by atoms with E-state index >= 15 is 0 Å². The lowest BCUT2D eigenvalue weighted by Crippen LogP contribution is -2.51. The topological polar surface area (TPSA) is 137 Å². The molecule has 1 fully saturated rings. The first-order valence-corrected chi connectivity index (χ1v) is 9.50. The molecule has 2 rings (SSSR count). The van der Waals surface area contributed by atoms with Crippen LogP contribution in [0.3, 0.4) is 0 Å². The van der Waals surface area contributed by atoms with E-state index in [0.717, 1.165) is 11.3 Å². The molecule has 0 saturated carbocycles. The van der Waals surface area contributed by atoms with E-state index < -0.39 is 28.1 Å². The molecule has 9 nitrogen and oxygen atoms in total. The molecule has 24 heavy (non-hydrogen) atoms. The average molecular weight is 377 g/mol. The Hall–Kier alpha value is -1.53. The molecule has 0 unspecified atom stereocenters. The highest BCUT2D eigenvalue weighted by Gasteiger charge is 2.31. The fourth-order valence-electron chi connectivity index (χ4n) is 2.19. The molecule has 1 saturated heterocycles. The van der Waals surface area contributed by atoms with E-state index in [1.165, 1.54) is 18.5 Å². The van der Waals surface area contributed by atoms with Crippen LogP contribution in [0.2, 0.25) is 0 Å². The van der Waals surface area contributed by atoms with Crippen molar-refractivity contribution in [3.05, 3.63) is 16.3 Å². The minimum atomic E-state index is -3.85. The monoisotopic (exact) mass is 377 g/mol. The van der Waals surface area contributed by atoms with Crippen molar-refractivity contribution in [2.45, 2.75) is 23.5 Å². The third-order valence-electron chi connectivity index (χ3n) is 3.38. The van der Waals surface area contributed by atoms with Gasteiger partial charge in [-0.25, -0.2) is 13.1 Å². The van der Waals surface area contributed by atoms with E-state index in [1.807, 2.05) is 0 Å². The predicted octanol–water partition coefficient (Wildman–Crippen LogP) is -0.955. The quantitative estimate of drug-likeness (QED) is 0.560. The zero-order valence-corrected chi connectivity index (χ0v) is 14.6. The molecule has 134 valence electrons. The summed E-state index contributed by atoms with van der Waals surface area (Å²) in [5.41, 5.74) is 5.05. The van der Waals surface area contributed by atoms with Gasteiger partial charge in [0.2, 0.25) is 15.9 Å². The Bertz CT molecular complexity index is 702. The van der Waals surface area contributed by atoms with Gasteiger partial charge in [-0.15, -0.1) is 11.3 Å². The number of nitrogens with one attached hydrogen (secondary N) is 2. The van der Waals surface area contributed by atoms with Gasteiger partial charge in [0.15, 0.2) is 0 Å². The Morgan fingerprint density at radius 1 is 1.50 bits per heavy atom. The van der Waals surface area contributed by atoms with Crippen LogP contribution in [0.15, 0.2) is 16.3 Å². The zero-order chi connectivity index (χ0) is 17.7. The molecule has 0 spiro atoms. The van der Waals surface area contributed by atoms with Gasteiger partial charge in [-0.3, -0.25) is 9.59 Å². The van der Waals surface area contributed by atoms with Crippen molar-refractivity contribution in [3.8, 4) is 0 Å². The van der Waals surface area contributed by atoms with Crippen LogP contribution in [-0.4, -0.2) is 59.2 Å². The van der Waals surface area contributed by atoms with Gasteiger partial charge in [-0.1, -0.05) is 0 Å². The molecule has 0 radical (unpaired) electrons. The van der Waals surface area contributed by atoms with Gasteiger partial charge in [0.05, 0.1) is 28.5 Å². The number of carbonyl (C=O) groups excluding carboxylic acids is 2. The number of rotatable bonds is 7. The van der Waals surface area contributed by atoms with Crippen LogP contribution in [0, 0.1) is 0 Å². The van der Waals surface area contributed by atoms with Crippen molar-refractivity contribution in [1.29, 1.82) is 0 Å². The number of thiophene rings is 1. The standard InChI is InChI=1S/C13H19N3O6S2/c1-15-13(18)11-4-8(7-23-11)24(19,20)16-9-5-21-3-2-10(9)22-6-12(14)17/h4,7,9-10,16H,2-3,5-6H2,1H3,(H2,14,17)(H,15,18)/t9-,10+/m1/s1. The third kappa shape index (κ3) is 4.74. The lowest BCUT2D eigenvalue weighted by Gasteiger charge is -2.31. The molecule has 0 aromatic carbocycles. The number of primary amides is 1. The van der Waals surface area contributed by atoms with Crippen LogP contribution in [0.25, 0.3) is 0 Å². The van der Waals surface area contributed by atoms with Crippen LogP contribution in [-0.2, 0) is 24.3 Å². The summed E-state index contributed by atoms with van der Waals surface area (Å²) in [4.78, 5) is 22.7.